The van der Waals surface area contributed by atoms with Crippen LogP contribution in [0.1, 0.15) is 28.4 Å². The predicted octanol–water partition coefficient (Wildman–Crippen LogP) is 5.98. The Kier molecular flexibility index (Phi) is 4.48. The highest BCUT2D eigenvalue weighted by Crippen LogP contribution is 2.39. The average Bonchev–Trinajstić information content (AvgIpc) is 2.59. The first kappa shape index (κ1) is 16.0. The second-order valence-corrected chi connectivity index (χ2v) is 5.98. The van der Waals surface area contributed by atoms with Crippen molar-refractivity contribution in [3.8, 4) is 0 Å². The minimum Gasteiger partial charge on any atom is -0.309 e. The number of anilines is 3. The van der Waals surface area contributed by atoms with Gasteiger partial charge in [0.1, 0.15) is 0 Å². The molecule has 0 saturated carbocycles. The van der Waals surface area contributed by atoms with Crippen molar-refractivity contribution in [3.05, 3.63) is 89.5 Å². The maximum atomic E-state index is 12.2. The molecule has 0 aliphatic carbocycles. The number of benzene rings is 3. The number of hydrogen-bond acceptors (Lipinski definition) is 2. The molecule has 24 heavy (non-hydrogen) atoms. The van der Waals surface area contributed by atoms with E-state index in [0.29, 0.717) is 0 Å². The molecule has 0 spiro atoms. The molecular weight excluding hydrogens is 294 g/mol. The van der Waals surface area contributed by atoms with E-state index < -0.39 is 0 Å². The van der Waals surface area contributed by atoms with Gasteiger partial charge in [-0.3, -0.25) is 4.79 Å². The Balaban J connectivity index is 2.31. The van der Waals surface area contributed by atoms with Gasteiger partial charge >= 0.3 is 0 Å². The molecule has 120 valence electrons. The Morgan fingerprint density at radius 2 is 1.08 bits per heavy atom. The molecule has 2 heteroatoms. The number of Topliss-reactive ketones (excluding diaryl/α,β-unsaturated/α-hetero) is 1. The van der Waals surface area contributed by atoms with Crippen LogP contribution in [0.4, 0.5) is 17.1 Å². The zero-order valence-electron chi connectivity index (χ0n) is 14.3. The molecule has 0 bridgehead atoms. The second kappa shape index (κ2) is 6.71. The third-order valence-electron chi connectivity index (χ3n) is 4.24. The lowest BCUT2D eigenvalue weighted by Crippen LogP contribution is -2.15. The van der Waals surface area contributed by atoms with Gasteiger partial charge < -0.3 is 4.90 Å². The summed E-state index contributed by atoms with van der Waals surface area (Å²) >= 11 is 0. The fraction of sp³-hybridized carbons (Fsp3) is 0.136. The summed E-state index contributed by atoms with van der Waals surface area (Å²) < 4.78 is 0. The Morgan fingerprint density at radius 3 is 1.54 bits per heavy atom. The van der Waals surface area contributed by atoms with Crippen molar-refractivity contribution in [2.75, 3.05) is 4.90 Å². The molecule has 0 aliphatic heterocycles. The second-order valence-electron chi connectivity index (χ2n) is 5.98. The summed E-state index contributed by atoms with van der Waals surface area (Å²) in [5.74, 6) is 0.0674. The molecule has 0 saturated heterocycles. The minimum absolute atomic E-state index is 0.0674. The van der Waals surface area contributed by atoms with Crippen LogP contribution in [0.25, 0.3) is 0 Å². The molecule has 0 aliphatic rings. The normalized spacial score (nSPS) is 10.5. The first-order valence-electron chi connectivity index (χ1n) is 8.11. The number of aryl methyl sites for hydroxylation is 2. The maximum absolute atomic E-state index is 12.2. The lowest BCUT2D eigenvalue weighted by atomic mass is 10.0. The Labute approximate surface area is 143 Å². The smallest absolute Gasteiger partial charge is 0.161 e. The lowest BCUT2D eigenvalue weighted by Gasteiger charge is -2.29. The van der Waals surface area contributed by atoms with Crippen molar-refractivity contribution in [1.82, 2.24) is 0 Å². The molecule has 0 unspecified atom stereocenters. The van der Waals surface area contributed by atoms with Crippen molar-refractivity contribution in [2.45, 2.75) is 20.8 Å². The van der Waals surface area contributed by atoms with Gasteiger partial charge in [0.2, 0.25) is 0 Å². The summed E-state index contributed by atoms with van der Waals surface area (Å²) in [7, 11) is 0. The zero-order chi connectivity index (χ0) is 17.1. The van der Waals surface area contributed by atoms with Gasteiger partial charge in [-0.05, 0) is 56.2 Å². The van der Waals surface area contributed by atoms with Crippen LogP contribution in [-0.2, 0) is 0 Å². The molecule has 2 nitrogen and oxygen atoms in total. The molecule has 3 aromatic rings. The van der Waals surface area contributed by atoms with Crippen LogP contribution in [0.2, 0.25) is 0 Å². The standard InChI is InChI=1S/C22H21NO/c1-16-10-4-7-13-20(16)23(21-14-8-5-11-17(21)2)22-15-9-6-12-19(22)18(3)24/h4-15H,1-3H3. The van der Waals surface area contributed by atoms with E-state index in [4.69, 9.17) is 0 Å². The molecule has 0 atom stereocenters. The molecule has 0 N–H and O–H groups in total. The van der Waals surface area contributed by atoms with Gasteiger partial charge in [0.05, 0.1) is 5.69 Å². The van der Waals surface area contributed by atoms with E-state index in [-0.39, 0.29) is 5.78 Å². The van der Waals surface area contributed by atoms with E-state index in [1.54, 1.807) is 6.92 Å². The SMILES string of the molecule is CC(=O)c1ccccc1N(c1ccccc1C)c1ccccc1C. The van der Waals surface area contributed by atoms with E-state index in [9.17, 15) is 4.79 Å². The molecular formula is C22H21NO. The number of rotatable bonds is 4. The third kappa shape index (κ3) is 2.95. The highest BCUT2D eigenvalue weighted by molar-refractivity contribution is 6.02. The van der Waals surface area contributed by atoms with Crippen molar-refractivity contribution in [2.24, 2.45) is 0 Å². The quantitative estimate of drug-likeness (QED) is 0.552. The number of hydrogen-bond donors (Lipinski definition) is 0. The monoisotopic (exact) mass is 315 g/mol. The van der Waals surface area contributed by atoms with E-state index in [2.05, 4.69) is 43.0 Å². The Morgan fingerprint density at radius 1 is 0.667 bits per heavy atom. The van der Waals surface area contributed by atoms with Crippen LogP contribution in [0.15, 0.2) is 72.8 Å². The fourth-order valence-electron chi connectivity index (χ4n) is 2.98. The minimum atomic E-state index is 0.0674. The van der Waals surface area contributed by atoms with Crippen LogP contribution in [-0.4, -0.2) is 5.78 Å². The first-order valence-corrected chi connectivity index (χ1v) is 8.11. The van der Waals surface area contributed by atoms with Crippen LogP contribution < -0.4 is 4.90 Å². The number of ketones is 1. The molecule has 0 aromatic heterocycles. The van der Waals surface area contributed by atoms with E-state index >= 15 is 0 Å². The maximum Gasteiger partial charge on any atom is 0.161 e. The van der Waals surface area contributed by atoms with Gasteiger partial charge in [-0.2, -0.15) is 0 Å². The zero-order valence-corrected chi connectivity index (χ0v) is 14.3. The number of carbonyl (C=O) groups excluding carboxylic acids is 1. The van der Waals surface area contributed by atoms with E-state index in [1.807, 2.05) is 48.5 Å². The number of para-hydroxylation sites is 3. The van der Waals surface area contributed by atoms with Gasteiger partial charge in [0.25, 0.3) is 0 Å². The molecule has 0 heterocycles. The van der Waals surface area contributed by atoms with Gasteiger partial charge in [0, 0.05) is 16.9 Å². The molecule has 0 radical (unpaired) electrons. The third-order valence-corrected chi connectivity index (χ3v) is 4.24. The summed E-state index contributed by atoms with van der Waals surface area (Å²) in [6.07, 6.45) is 0. The number of carbonyl (C=O) groups is 1. The molecule has 3 aromatic carbocycles. The largest absolute Gasteiger partial charge is 0.309 e. The fourth-order valence-corrected chi connectivity index (χ4v) is 2.98. The van der Waals surface area contributed by atoms with Crippen molar-refractivity contribution in [1.29, 1.82) is 0 Å². The molecule has 0 fully saturated rings. The highest BCUT2D eigenvalue weighted by Gasteiger charge is 2.19. The van der Waals surface area contributed by atoms with E-state index in [0.717, 1.165) is 22.6 Å². The summed E-state index contributed by atoms with van der Waals surface area (Å²) in [5.41, 5.74) is 6.14. The van der Waals surface area contributed by atoms with E-state index in [1.165, 1.54) is 11.1 Å². The van der Waals surface area contributed by atoms with Gasteiger partial charge in [-0.25, -0.2) is 0 Å². The number of nitrogens with zero attached hydrogens (tertiary/aromatic N) is 1. The molecule has 0 amide bonds. The average molecular weight is 315 g/mol. The van der Waals surface area contributed by atoms with Gasteiger partial charge in [-0.1, -0.05) is 48.5 Å². The Bertz CT molecular complexity index is 837. The topological polar surface area (TPSA) is 20.3 Å². The summed E-state index contributed by atoms with van der Waals surface area (Å²) in [4.78, 5) is 14.4. The lowest BCUT2D eigenvalue weighted by molar-refractivity contribution is 0.101. The Hall–Kier alpha value is -2.87. The summed E-state index contributed by atoms with van der Waals surface area (Å²) in [5, 5.41) is 0. The molecule has 3 rings (SSSR count). The van der Waals surface area contributed by atoms with Crippen molar-refractivity contribution in [3.63, 3.8) is 0 Å². The van der Waals surface area contributed by atoms with Crippen LogP contribution >= 0.6 is 0 Å². The van der Waals surface area contributed by atoms with Gasteiger partial charge in [0.15, 0.2) is 5.78 Å². The van der Waals surface area contributed by atoms with Crippen molar-refractivity contribution < 1.29 is 4.79 Å². The van der Waals surface area contributed by atoms with Crippen molar-refractivity contribution >= 4 is 22.8 Å². The van der Waals surface area contributed by atoms with Crippen LogP contribution in [0, 0.1) is 13.8 Å². The highest BCUT2D eigenvalue weighted by atomic mass is 16.1. The predicted molar refractivity (Wildman–Crippen MR) is 101 cm³/mol. The van der Waals surface area contributed by atoms with Crippen LogP contribution in [0.3, 0.4) is 0 Å². The summed E-state index contributed by atoms with van der Waals surface area (Å²) in [6.45, 7) is 5.81. The first-order chi connectivity index (χ1) is 11.6. The van der Waals surface area contributed by atoms with Crippen LogP contribution in [0.5, 0.6) is 0 Å². The van der Waals surface area contributed by atoms with Gasteiger partial charge in [-0.15, -0.1) is 0 Å². The summed E-state index contributed by atoms with van der Waals surface area (Å²) in [6, 6.07) is 24.3.